The molecule has 1 unspecified atom stereocenters. The maximum Gasteiger partial charge on any atom is 0.160 e. The minimum atomic E-state index is 0.221. The molecule has 0 spiro atoms. The fraction of sp³-hybridized carbons (Fsp3) is 0.109. The van der Waals surface area contributed by atoms with Crippen molar-refractivity contribution in [2.75, 3.05) is 0 Å². The van der Waals surface area contributed by atoms with Crippen LogP contribution in [0.3, 0.4) is 0 Å². The van der Waals surface area contributed by atoms with E-state index in [1.165, 1.54) is 49.3 Å². The lowest BCUT2D eigenvalue weighted by atomic mass is 9.93. The van der Waals surface area contributed by atoms with Crippen LogP contribution >= 0.6 is 0 Å². The first-order valence-electron chi connectivity index (χ1n) is 17.4. The monoisotopic (exact) mass is 644 g/mol. The van der Waals surface area contributed by atoms with E-state index < -0.39 is 0 Å². The second kappa shape index (κ2) is 12.4. The van der Waals surface area contributed by atoms with Gasteiger partial charge in [-0.3, -0.25) is 0 Å². The molecule has 0 bridgehead atoms. The highest BCUT2D eigenvalue weighted by Gasteiger charge is 2.17. The number of hydrogen-bond donors (Lipinski definition) is 1. The zero-order chi connectivity index (χ0) is 33.6. The summed E-state index contributed by atoms with van der Waals surface area (Å²) in [5.41, 5.74) is 12.0. The number of pyridine rings is 1. The number of nitrogens with one attached hydrogen (secondary N) is 1. The average molecular weight is 645 g/mol. The summed E-state index contributed by atoms with van der Waals surface area (Å²) in [5, 5.41) is 9.44. The van der Waals surface area contributed by atoms with E-state index in [9.17, 15) is 0 Å². The fourth-order valence-corrected chi connectivity index (χ4v) is 7.45. The first-order valence-corrected chi connectivity index (χ1v) is 17.4. The molecule has 4 nitrogen and oxygen atoms in total. The van der Waals surface area contributed by atoms with Gasteiger partial charge in [-0.15, -0.1) is 0 Å². The zero-order valence-corrected chi connectivity index (χ0v) is 28.2. The van der Waals surface area contributed by atoms with E-state index >= 15 is 0 Å². The van der Waals surface area contributed by atoms with Gasteiger partial charge < -0.3 is 5.32 Å². The number of nitrogens with zero attached hydrogens (tertiary/aromatic N) is 3. The lowest BCUT2D eigenvalue weighted by Crippen LogP contribution is -2.32. The molecule has 0 fully saturated rings. The molecule has 2 aromatic heterocycles. The summed E-state index contributed by atoms with van der Waals surface area (Å²) in [6, 6.07) is 43.2. The molecule has 4 heteroatoms. The van der Waals surface area contributed by atoms with Gasteiger partial charge in [0.25, 0.3) is 0 Å². The van der Waals surface area contributed by atoms with Crippen LogP contribution < -0.4 is 15.9 Å². The highest BCUT2D eigenvalue weighted by Crippen LogP contribution is 2.33. The largest absolute Gasteiger partial charge is 0.382 e. The lowest BCUT2D eigenvalue weighted by Gasteiger charge is -2.23. The van der Waals surface area contributed by atoms with Gasteiger partial charge in [0.2, 0.25) is 0 Å². The molecule has 1 aliphatic heterocycles. The summed E-state index contributed by atoms with van der Waals surface area (Å²) in [6.45, 7) is 4.30. The van der Waals surface area contributed by atoms with E-state index in [0.29, 0.717) is 5.82 Å². The molecule has 9 rings (SSSR count). The van der Waals surface area contributed by atoms with Crippen molar-refractivity contribution in [2.24, 2.45) is 0 Å². The van der Waals surface area contributed by atoms with Gasteiger partial charge in [-0.2, -0.15) is 0 Å². The first-order chi connectivity index (χ1) is 24.6. The van der Waals surface area contributed by atoms with Gasteiger partial charge in [0.05, 0.1) is 22.3 Å². The van der Waals surface area contributed by atoms with Crippen molar-refractivity contribution in [3.8, 4) is 45.0 Å². The van der Waals surface area contributed by atoms with Crippen LogP contribution in [0.15, 0.2) is 139 Å². The molecule has 0 saturated carbocycles. The third kappa shape index (κ3) is 5.39. The normalized spacial score (nSPS) is 15.4. The quantitative estimate of drug-likeness (QED) is 0.190. The fourth-order valence-electron chi connectivity index (χ4n) is 7.45. The topological polar surface area (TPSA) is 50.7 Å². The summed E-state index contributed by atoms with van der Waals surface area (Å²) in [6.07, 6.45) is 11.0. The number of aromatic nitrogens is 3. The Morgan fingerprint density at radius 2 is 1.28 bits per heavy atom. The molecule has 1 aliphatic carbocycles. The summed E-state index contributed by atoms with van der Waals surface area (Å²) < 4.78 is 0. The SMILES string of the molecule is CC1=CC=C(c2cccc(-c3nc(-c4ccccc4)cc(-c4ccc(-c5c6c(nc7c5ccc5ccccc57)=CCCC=6)cc4)n3)c2)C(C)N1. The Morgan fingerprint density at radius 3 is 2.10 bits per heavy atom. The molecule has 7 aromatic rings. The van der Waals surface area contributed by atoms with Gasteiger partial charge in [0, 0.05) is 50.0 Å². The minimum absolute atomic E-state index is 0.221. The van der Waals surface area contributed by atoms with E-state index in [-0.39, 0.29) is 6.04 Å². The van der Waals surface area contributed by atoms with E-state index in [4.69, 9.17) is 15.0 Å². The van der Waals surface area contributed by atoms with Crippen molar-refractivity contribution in [3.05, 3.63) is 155 Å². The summed E-state index contributed by atoms with van der Waals surface area (Å²) in [4.78, 5) is 15.5. The summed E-state index contributed by atoms with van der Waals surface area (Å²) >= 11 is 0. The summed E-state index contributed by atoms with van der Waals surface area (Å²) in [7, 11) is 0. The maximum atomic E-state index is 5.20. The third-order valence-corrected chi connectivity index (χ3v) is 9.94. The molecule has 0 amide bonds. The first kappa shape index (κ1) is 30.0. The van der Waals surface area contributed by atoms with Crippen molar-refractivity contribution >= 4 is 39.4 Å². The smallest absolute Gasteiger partial charge is 0.160 e. The predicted molar refractivity (Wildman–Crippen MR) is 208 cm³/mol. The zero-order valence-electron chi connectivity index (χ0n) is 28.2. The number of benzene rings is 5. The van der Waals surface area contributed by atoms with Crippen LogP contribution in [0.5, 0.6) is 0 Å². The lowest BCUT2D eigenvalue weighted by molar-refractivity contribution is 0.734. The molecule has 0 radical (unpaired) electrons. The highest BCUT2D eigenvalue weighted by atomic mass is 14.9. The third-order valence-electron chi connectivity index (χ3n) is 9.94. The van der Waals surface area contributed by atoms with E-state index in [1.54, 1.807) is 0 Å². The molecule has 240 valence electrons. The van der Waals surface area contributed by atoms with Gasteiger partial charge in [-0.25, -0.2) is 15.0 Å². The van der Waals surface area contributed by atoms with Crippen LogP contribution in [0.2, 0.25) is 0 Å². The van der Waals surface area contributed by atoms with Crippen molar-refractivity contribution in [2.45, 2.75) is 32.7 Å². The Balaban J connectivity index is 1.17. The molecule has 50 heavy (non-hydrogen) atoms. The molecule has 5 aromatic carbocycles. The van der Waals surface area contributed by atoms with Crippen LogP contribution in [0.1, 0.15) is 32.3 Å². The van der Waals surface area contributed by atoms with Crippen molar-refractivity contribution in [1.82, 2.24) is 20.3 Å². The standard InChI is InChI=1S/C46H36N4/c1-29-19-25-37(30(2)47-29)35-14-10-15-36(27-35)46-49-42(32-12-4-3-5-13-32)28-43(50-46)33-20-22-34(23-21-33)44-39-17-8-9-18-41(39)48-45-38-16-7-6-11-31(38)24-26-40(44)45/h3-7,10-28,30,47H,8-9H2,1-2H3. The number of fused-ring (bicyclic) bond motifs is 4. The Labute approximate surface area is 291 Å². The van der Waals surface area contributed by atoms with Gasteiger partial charge in [-0.05, 0) is 67.0 Å². The van der Waals surface area contributed by atoms with Crippen molar-refractivity contribution in [1.29, 1.82) is 0 Å². The average Bonchev–Trinajstić information content (AvgIpc) is 3.17. The molecule has 0 saturated heterocycles. The molecule has 3 heterocycles. The van der Waals surface area contributed by atoms with E-state index in [0.717, 1.165) is 51.8 Å². The van der Waals surface area contributed by atoms with Gasteiger partial charge in [-0.1, -0.05) is 127 Å². The van der Waals surface area contributed by atoms with Crippen molar-refractivity contribution in [3.63, 3.8) is 0 Å². The number of hydrogen-bond acceptors (Lipinski definition) is 4. The van der Waals surface area contributed by atoms with Crippen LogP contribution in [0.4, 0.5) is 0 Å². The Morgan fingerprint density at radius 1 is 0.580 bits per heavy atom. The van der Waals surface area contributed by atoms with Crippen LogP contribution in [0.25, 0.3) is 84.4 Å². The summed E-state index contributed by atoms with van der Waals surface area (Å²) in [5.74, 6) is 0.710. The van der Waals surface area contributed by atoms with E-state index in [2.05, 4.69) is 159 Å². The van der Waals surface area contributed by atoms with Gasteiger partial charge in [0.1, 0.15) is 0 Å². The molecule has 1 N–H and O–H groups in total. The van der Waals surface area contributed by atoms with E-state index in [1.807, 2.05) is 6.07 Å². The predicted octanol–water partition coefficient (Wildman–Crippen LogP) is 9.48. The molecule has 1 atom stereocenters. The minimum Gasteiger partial charge on any atom is -0.382 e. The molecular formula is C46H36N4. The molecule has 2 aliphatic rings. The number of allylic oxidation sites excluding steroid dienone is 3. The van der Waals surface area contributed by atoms with Gasteiger partial charge >= 0.3 is 0 Å². The second-order valence-corrected chi connectivity index (χ2v) is 13.3. The van der Waals surface area contributed by atoms with Crippen LogP contribution in [0, 0.1) is 0 Å². The number of rotatable bonds is 5. The number of dihydropyridines is 1. The Kier molecular flexibility index (Phi) is 7.43. The Hall–Kier alpha value is -6.13. The van der Waals surface area contributed by atoms with Crippen LogP contribution in [-0.2, 0) is 0 Å². The van der Waals surface area contributed by atoms with Crippen LogP contribution in [-0.4, -0.2) is 21.0 Å². The van der Waals surface area contributed by atoms with Crippen molar-refractivity contribution < 1.29 is 0 Å². The highest BCUT2D eigenvalue weighted by molar-refractivity contribution is 6.10. The molecular weight excluding hydrogens is 609 g/mol. The second-order valence-electron chi connectivity index (χ2n) is 13.3. The maximum absolute atomic E-state index is 5.20. The van der Waals surface area contributed by atoms with Gasteiger partial charge in [0.15, 0.2) is 5.82 Å². The Bertz CT molecular complexity index is 2630.